The monoisotopic (exact) mass is 448 g/mol. The van der Waals surface area contributed by atoms with E-state index in [1.54, 1.807) is 30.0 Å². The fourth-order valence-corrected chi connectivity index (χ4v) is 4.70. The summed E-state index contributed by atoms with van der Waals surface area (Å²) in [6, 6.07) is 8.46. The highest BCUT2D eigenvalue weighted by atomic mass is 32.2. The summed E-state index contributed by atoms with van der Waals surface area (Å²) in [5, 5.41) is 0. The second kappa shape index (κ2) is 8.49. The van der Waals surface area contributed by atoms with E-state index in [1.807, 2.05) is 13.8 Å². The number of nitrogens with zero attached hydrogens (tertiary/aromatic N) is 1. The molecule has 2 aromatic rings. The molecule has 0 fully saturated rings. The second-order valence-electron chi connectivity index (χ2n) is 9.01. The van der Waals surface area contributed by atoms with E-state index in [4.69, 9.17) is 4.74 Å². The van der Waals surface area contributed by atoms with Gasteiger partial charge in [0.1, 0.15) is 18.2 Å². The van der Waals surface area contributed by atoms with Gasteiger partial charge in [-0.25, -0.2) is 12.8 Å². The molecule has 0 aromatic heterocycles. The van der Waals surface area contributed by atoms with Crippen LogP contribution in [0.2, 0.25) is 0 Å². The number of hydrogen-bond acceptors (Lipinski definition) is 4. The van der Waals surface area contributed by atoms with Crippen molar-refractivity contribution in [3.8, 4) is 5.75 Å². The van der Waals surface area contributed by atoms with E-state index in [9.17, 15) is 17.6 Å². The van der Waals surface area contributed by atoms with Crippen LogP contribution in [0.1, 0.15) is 39.7 Å². The third-order valence-corrected chi connectivity index (χ3v) is 6.81. The maximum atomic E-state index is 13.7. The average Bonchev–Trinajstić information content (AvgIpc) is 2.77. The Morgan fingerprint density at radius 1 is 1.19 bits per heavy atom. The Morgan fingerprint density at radius 2 is 1.90 bits per heavy atom. The number of hydrogen-bond donors (Lipinski definition) is 1. The van der Waals surface area contributed by atoms with Crippen LogP contribution < -0.4 is 14.4 Å². The van der Waals surface area contributed by atoms with Crippen LogP contribution in [0.3, 0.4) is 0 Å². The molecule has 0 atom stereocenters. The highest BCUT2D eigenvalue weighted by Crippen LogP contribution is 2.39. The van der Waals surface area contributed by atoms with Gasteiger partial charge in [0.15, 0.2) is 0 Å². The van der Waals surface area contributed by atoms with Crippen LogP contribution in [0.4, 0.5) is 15.8 Å². The summed E-state index contributed by atoms with van der Waals surface area (Å²) in [6.45, 7) is 10.2. The minimum absolute atomic E-state index is 0.0760. The number of aryl methyl sites for hydroxylation is 1. The Balaban J connectivity index is 2.00. The normalized spacial score (nSPS) is 16.0. The molecule has 31 heavy (non-hydrogen) atoms. The van der Waals surface area contributed by atoms with E-state index in [0.29, 0.717) is 29.5 Å². The molecule has 0 saturated carbocycles. The van der Waals surface area contributed by atoms with Gasteiger partial charge in [0.2, 0.25) is 5.91 Å². The molecule has 3 rings (SSSR count). The molecule has 1 amide bonds. The van der Waals surface area contributed by atoms with Gasteiger partial charge in [-0.3, -0.25) is 9.52 Å². The first-order valence-corrected chi connectivity index (χ1v) is 11.8. The maximum absolute atomic E-state index is 13.7. The van der Waals surface area contributed by atoms with Crippen LogP contribution in [0, 0.1) is 24.1 Å². The molecular weight excluding hydrogens is 419 g/mol. The Bertz CT molecular complexity index is 1100. The molecule has 1 aliphatic rings. The van der Waals surface area contributed by atoms with Crippen molar-refractivity contribution < 1.29 is 22.3 Å². The summed E-state index contributed by atoms with van der Waals surface area (Å²) in [6.07, 6.45) is 0.791. The van der Waals surface area contributed by atoms with Crippen LogP contribution >= 0.6 is 0 Å². The summed E-state index contributed by atoms with van der Waals surface area (Å²) in [7, 11) is -4.02. The van der Waals surface area contributed by atoms with Gasteiger partial charge in [0.05, 0.1) is 21.7 Å². The summed E-state index contributed by atoms with van der Waals surface area (Å²) in [5.41, 5.74) is 0.511. The van der Waals surface area contributed by atoms with Crippen LogP contribution in [0.25, 0.3) is 0 Å². The first-order valence-electron chi connectivity index (χ1n) is 10.3. The summed E-state index contributed by atoms with van der Waals surface area (Å²) >= 11 is 0. The van der Waals surface area contributed by atoms with E-state index < -0.39 is 21.3 Å². The van der Waals surface area contributed by atoms with E-state index in [2.05, 4.69) is 18.6 Å². The first kappa shape index (κ1) is 23.1. The van der Waals surface area contributed by atoms with Crippen LogP contribution in [0.15, 0.2) is 41.3 Å². The van der Waals surface area contributed by atoms with Gasteiger partial charge in [-0.2, -0.15) is 0 Å². The summed E-state index contributed by atoms with van der Waals surface area (Å²) in [5.74, 6) is 0.204. The zero-order valence-electron chi connectivity index (χ0n) is 18.5. The lowest BCUT2D eigenvalue weighted by molar-refractivity contribution is -0.127. The topological polar surface area (TPSA) is 75.7 Å². The number of nitrogens with one attached hydrogen (secondary N) is 1. The number of carbonyl (C=O) groups excluding carboxylic acids is 1. The molecule has 0 spiro atoms. The van der Waals surface area contributed by atoms with Gasteiger partial charge in [-0.15, -0.1) is 0 Å². The van der Waals surface area contributed by atoms with Crippen molar-refractivity contribution in [1.29, 1.82) is 0 Å². The molecule has 1 aliphatic heterocycles. The smallest absolute Gasteiger partial charge is 0.262 e. The van der Waals surface area contributed by atoms with Crippen LogP contribution in [-0.2, 0) is 14.8 Å². The lowest BCUT2D eigenvalue weighted by Gasteiger charge is -2.28. The van der Waals surface area contributed by atoms with Crippen molar-refractivity contribution in [3.05, 3.63) is 47.8 Å². The molecule has 1 heterocycles. The average molecular weight is 449 g/mol. The van der Waals surface area contributed by atoms with E-state index in [-0.39, 0.29) is 23.1 Å². The zero-order valence-corrected chi connectivity index (χ0v) is 19.3. The molecule has 1 N–H and O–H groups in total. The van der Waals surface area contributed by atoms with E-state index >= 15 is 0 Å². The number of fused-ring (bicyclic) bond motifs is 1. The number of anilines is 2. The van der Waals surface area contributed by atoms with Crippen molar-refractivity contribution in [3.63, 3.8) is 0 Å². The van der Waals surface area contributed by atoms with Crippen molar-refractivity contribution in [2.45, 2.75) is 45.9 Å². The van der Waals surface area contributed by atoms with Crippen molar-refractivity contribution in [2.24, 2.45) is 11.3 Å². The SMILES string of the molecule is Cc1ccc(F)cc1S(=O)(=O)Nc1ccc2c(c1)N(CCC(C)C)C(=O)C(C)(C)CO2. The number of sulfonamides is 1. The number of carbonyl (C=O) groups is 1. The molecule has 2 aromatic carbocycles. The third kappa shape index (κ3) is 5.01. The Labute approximate surface area is 183 Å². The van der Waals surface area contributed by atoms with Crippen LogP contribution in [0.5, 0.6) is 5.75 Å². The number of ether oxygens (including phenoxy) is 1. The van der Waals surface area contributed by atoms with E-state index in [1.165, 1.54) is 12.1 Å². The molecule has 0 radical (unpaired) electrons. The number of halogens is 1. The maximum Gasteiger partial charge on any atom is 0.262 e. The minimum atomic E-state index is -4.02. The molecule has 0 aliphatic carbocycles. The summed E-state index contributed by atoms with van der Waals surface area (Å²) in [4.78, 5) is 14.8. The van der Waals surface area contributed by atoms with E-state index in [0.717, 1.165) is 12.5 Å². The Morgan fingerprint density at radius 3 is 2.58 bits per heavy atom. The van der Waals surface area contributed by atoms with Gasteiger partial charge >= 0.3 is 0 Å². The van der Waals surface area contributed by atoms with Gasteiger partial charge in [-0.1, -0.05) is 19.9 Å². The Kier molecular flexibility index (Phi) is 6.32. The van der Waals surface area contributed by atoms with Crippen molar-refractivity contribution >= 4 is 27.3 Å². The minimum Gasteiger partial charge on any atom is -0.490 e. The quantitative estimate of drug-likeness (QED) is 0.693. The number of amides is 1. The molecule has 0 saturated heterocycles. The second-order valence-corrected chi connectivity index (χ2v) is 10.7. The number of rotatable bonds is 6. The molecular formula is C23H29FN2O4S. The lowest BCUT2D eigenvalue weighted by Crippen LogP contribution is -2.42. The van der Waals surface area contributed by atoms with Gasteiger partial charge in [0.25, 0.3) is 10.0 Å². The van der Waals surface area contributed by atoms with Crippen molar-refractivity contribution in [1.82, 2.24) is 0 Å². The fourth-order valence-electron chi connectivity index (χ4n) is 3.39. The van der Waals surface area contributed by atoms with Gasteiger partial charge in [-0.05, 0) is 69.0 Å². The fraction of sp³-hybridized carbons (Fsp3) is 0.435. The number of benzene rings is 2. The molecule has 168 valence electrons. The Hall–Kier alpha value is -2.61. The molecule has 6 nitrogen and oxygen atoms in total. The lowest BCUT2D eigenvalue weighted by atomic mass is 9.92. The largest absolute Gasteiger partial charge is 0.490 e. The first-order chi connectivity index (χ1) is 14.4. The third-order valence-electron chi connectivity index (χ3n) is 5.28. The van der Waals surface area contributed by atoms with Gasteiger partial charge in [0, 0.05) is 6.54 Å². The predicted octanol–water partition coefficient (Wildman–Crippen LogP) is 4.73. The summed E-state index contributed by atoms with van der Waals surface area (Å²) < 4.78 is 47.8. The van der Waals surface area contributed by atoms with Crippen LogP contribution in [-0.4, -0.2) is 27.5 Å². The highest BCUT2D eigenvalue weighted by molar-refractivity contribution is 7.92. The molecule has 8 heteroatoms. The molecule has 0 bridgehead atoms. The highest BCUT2D eigenvalue weighted by Gasteiger charge is 2.38. The zero-order chi connectivity index (χ0) is 23.0. The van der Waals surface area contributed by atoms with Crippen molar-refractivity contribution in [2.75, 3.05) is 22.8 Å². The predicted molar refractivity (Wildman–Crippen MR) is 119 cm³/mol. The standard InChI is InChI=1S/C23H29FN2O4S/c1-15(2)10-11-26-19-13-18(8-9-20(19)30-14-23(4,5)22(26)27)25-31(28,29)21-12-17(24)7-6-16(21)3/h6-9,12-13,15,25H,10-11,14H2,1-5H3. The molecule has 0 unspecified atom stereocenters. The van der Waals surface area contributed by atoms with Gasteiger partial charge < -0.3 is 9.64 Å².